The highest BCUT2D eigenvalue weighted by Gasteiger charge is 2.51. The second kappa shape index (κ2) is 8.18. The molecule has 0 bridgehead atoms. The second-order valence-corrected chi connectivity index (χ2v) is 5.30. The number of carbonyl (C=O) groups excluding carboxylic acids is 2. The van der Waals surface area contributed by atoms with Gasteiger partial charge in [-0.1, -0.05) is 27.7 Å². The Balaban J connectivity index is 5.39. The highest BCUT2D eigenvalue weighted by Crippen LogP contribution is 2.38. The Morgan fingerprint density at radius 2 is 1.37 bits per heavy atom. The van der Waals surface area contributed by atoms with Crippen molar-refractivity contribution < 1.29 is 19.1 Å². The van der Waals surface area contributed by atoms with E-state index in [2.05, 4.69) is 13.8 Å². The van der Waals surface area contributed by atoms with Gasteiger partial charge in [0.25, 0.3) is 0 Å². The van der Waals surface area contributed by atoms with Crippen molar-refractivity contribution in [2.24, 2.45) is 17.3 Å². The molecule has 4 heteroatoms. The van der Waals surface area contributed by atoms with Crippen molar-refractivity contribution in [1.82, 2.24) is 0 Å². The van der Waals surface area contributed by atoms with E-state index >= 15 is 0 Å². The minimum absolute atomic E-state index is 0.101. The minimum atomic E-state index is -1.17. The molecule has 1 unspecified atom stereocenters. The van der Waals surface area contributed by atoms with Crippen LogP contribution in [-0.2, 0) is 19.1 Å². The van der Waals surface area contributed by atoms with Crippen LogP contribution in [0.5, 0.6) is 0 Å². The van der Waals surface area contributed by atoms with Crippen molar-refractivity contribution in [2.75, 3.05) is 13.2 Å². The number of hydrogen-bond donors (Lipinski definition) is 0. The van der Waals surface area contributed by atoms with Crippen molar-refractivity contribution in [2.45, 2.75) is 54.4 Å². The van der Waals surface area contributed by atoms with E-state index in [4.69, 9.17) is 9.47 Å². The van der Waals surface area contributed by atoms with Crippen LogP contribution in [0.4, 0.5) is 0 Å². The van der Waals surface area contributed by atoms with Gasteiger partial charge in [0.05, 0.1) is 13.2 Å². The number of ether oxygens (including phenoxy) is 2. The molecule has 0 saturated carbocycles. The Labute approximate surface area is 116 Å². The van der Waals surface area contributed by atoms with Crippen LogP contribution in [0.3, 0.4) is 0 Å². The van der Waals surface area contributed by atoms with Crippen LogP contribution in [0.25, 0.3) is 0 Å². The van der Waals surface area contributed by atoms with Gasteiger partial charge in [-0.3, -0.25) is 9.59 Å². The van der Waals surface area contributed by atoms with Gasteiger partial charge in [-0.15, -0.1) is 0 Å². The molecule has 1 atom stereocenters. The molecular formula is C15H28O4. The first kappa shape index (κ1) is 17.9. The number of rotatable bonds is 8. The van der Waals surface area contributed by atoms with E-state index in [1.807, 2.05) is 13.8 Å². The lowest BCUT2D eigenvalue weighted by molar-refractivity contribution is -0.177. The monoisotopic (exact) mass is 272 g/mol. The van der Waals surface area contributed by atoms with Gasteiger partial charge in [0, 0.05) is 0 Å². The Hall–Kier alpha value is -1.06. The Kier molecular flexibility index (Phi) is 7.72. The molecule has 19 heavy (non-hydrogen) atoms. The smallest absolute Gasteiger partial charge is 0.323 e. The van der Waals surface area contributed by atoms with Crippen molar-refractivity contribution in [3.8, 4) is 0 Å². The summed E-state index contributed by atoms with van der Waals surface area (Å²) in [6.45, 7) is 12.0. The Bertz CT molecular complexity index is 279. The molecule has 0 aliphatic carbocycles. The SMILES string of the molecule is CCOC(=O)C(CC)(C(=O)OCC)C(C)CC(C)C. The van der Waals surface area contributed by atoms with Crippen LogP contribution in [0.1, 0.15) is 54.4 Å². The quantitative estimate of drug-likeness (QED) is 0.503. The summed E-state index contributed by atoms with van der Waals surface area (Å²) in [5.41, 5.74) is -1.17. The van der Waals surface area contributed by atoms with Crippen molar-refractivity contribution in [3.63, 3.8) is 0 Å². The Morgan fingerprint density at radius 1 is 0.947 bits per heavy atom. The third-order valence-corrected chi connectivity index (χ3v) is 3.50. The van der Waals surface area contributed by atoms with Crippen molar-refractivity contribution >= 4 is 11.9 Å². The molecule has 0 heterocycles. The molecule has 0 aromatic heterocycles. The van der Waals surface area contributed by atoms with Gasteiger partial charge in [-0.25, -0.2) is 0 Å². The van der Waals surface area contributed by atoms with Gasteiger partial charge in [0.15, 0.2) is 5.41 Å². The fourth-order valence-corrected chi connectivity index (χ4v) is 2.55. The molecule has 0 aliphatic heterocycles. The van der Waals surface area contributed by atoms with Crippen LogP contribution >= 0.6 is 0 Å². The average Bonchev–Trinajstić information content (AvgIpc) is 2.30. The van der Waals surface area contributed by atoms with Crippen LogP contribution in [0.15, 0.2) is 0 Å². The van der Waals surface area contributed by atoms with E-state index < -0.39 is 17.4 Å². The summed E-state index contributed by atoms with van der Waals surface area (Å²) < 4.78 is 10.3. The zero-order valence-electron chi connectivity index (χ0n) is 13.1. The fraction of sp³-hybridized carbons (Fsp3) is 0.867. The zero-order chi connectivity index (χ0) is 15.1. The number of hydrogen-bond acceptors (Lipinski definition) is 4. The van der Waals surface area contributed by atoms with E-state index in [1.54, 1.807) is 13.8 Å². The lowest BCUT2D eigenvalue weighted by Gasteiger charge is -2.34. The third-order valence-electron chi connectivity index (χ3n) is 3.50. The summed E-state index contributed by atoms with van der Waals surface area (Å²) in [6.07, 6.45) is 1.18. The maximum absolute atomic E-state index is 12.3. The largest absolute Gasteiger partial charge is 0.465 e. The summed E-state index contributed by atoms with van der Waals surface area (Å²) in [7, 11) is 0. The van der Waals surface area contributed by atoms with E-state index in [-0.39, 0.29) is 19.1 Å². The van der Waals surface area contributed by atoms with Gasteiger partial charge < -0.3 is 9.47 Å². The molecule has 0 aromatic carbocycles. The first-order chi connectivity index (χ1) is 8.86. The summed E-state index contributed by atoms with van der Waals surface area (Å²) in [5.74, 6) is -0.603. The molecule has 0 aliphatic rings. The second-order valence-electron chi connectivity index (χ2n) is 5.30. The third kappa shape index (κ3) is 4.22. The predicted octanol–water partition coefficient (Wildman–Crippen LogP) is 3.19. The summed E-state index contributed by atoms with van der Waals surface area (Å²) in [6, 6.07) is 0. The molecule has 0 saturated heterocycles. The normalized spacial score (nSPS) is 13.2. The standard InChI is InChI=1S/C15H28O4/c1-7-15(13(16)18-8-2,14(17)19-9-3)12(6)10-11(4)5/h11-12H,7-10H2,1-6H3. The van der Waals surface area contributed by atoms with Gasteiger partial charge in [-0.2, -0.15) is 0 Å². The van der Waals surface area contributed by atoms with Gasteiger partial charge in [0.2, 0.25) is 0 Å². The minimum Gasteiger partial charge on any atom is -0.465 e. The lowest BCUT2D eigenvalue weighted by atomic mass is 9.71. The van der Waals surface area contributed by atoms with E-state index in [9.17, 15) is 9.59 Å². The first-order valence-corrected chi connectivity index (χ1v) is 7.21. The van der Waals surface area contributed by atoms with Gasteiger partial charge >= 0.3 is 11.9 Å². The van der Waals surface area contributed by atoms with E-state index in [0.717, 1.165) is 6.42 Å². The first-order valence-electron chi connectivity index (χ1n) is 7.21. The molecule has 0 aromatic rings. The maximum atomic E-state index is 12.3. The zero-order valence-corrected chi connectivity index (χ0v) is 13.1. The van der Waals surface area contributed by atoms with Crippen molar-refractivity contribution in [3.05, 3.63) is 0 Å². The molecule has 0 rings (SSSR count). The van der Waals surface area contributed by atoms with Gasteiger partial charge in [-0.05, 0) is 38.5 Å². The molecule has 0 spiro atoms. The van der Waals surface area contributed by atoms with Crippen LogP contribution < -0.4 is 0 Å². The molecule has 0 N–H and O–H groups in total. The number of carbonyl (C=O) groups is 2. The molecule has 0 fully saturated rings. The molecule has 0 radical (unpaired) electrons. The van der Waals surface area contributed by atoms with E-state index in [0.29, 0.717) is 12.3 Å². The summed E-state index contributed by atoms with van der Waals surface area (Å²) in [5, 5.41) is 0. The Morgan fingerprint density at radius 3 is 1.63 bits per heavy atom. The lowest BCUT2D eigenvalue weighted by Crippen LogP contribution is -2.47. The summed E-state index contributed by atoms with van der Waals surface area (Å²) >= 11 is 0. The highest BCUT2D eigenvalue weighted by atomic mass is 16.6. The topological polar surface area (TPSA) is 52.6 Å². The van der Waals surface area contributed by atoms with E-state index in [1.165, 1.54) is 0 Å². The molecular weight excluding hydrogens is 244 g/mol. The fourth-order valence-electron chi connectivity index (χ4n) is 2.55. The maximum Gasteiger partial charge on any atom is 0.323 e. The molecule has 4 nitrogen and oxygen atoms in total. The summed E-state index contributed by atoms with van der Waals surface area (Å²) in [4.78, 5) is 24.6. The molecule has 0 amide bonds. The van der Waals surface area contributed by atoms with Gasteiger partial charge in [0.1, 0.15) is 0 Å². The van der Waals surface area contributed by atoms with Crippen LogP contribution in [0.2, 0.25) is 0 Å². The van der Waals surface area contributed by atoms with Crippen LogP contribution in [-0.4, -0.2) is 25.2 Å². The van der Waals surface area contributed by atoms with Crippen LogP contribution in [0, 0.1) is 17.3 Å². The predicted molar refractivity (Wildman–Crippen MR) is 74.6 cm³/mol. The number of esters is 2. The molecule has 112 valence electrons. The van der Waals surface area contributed by atoms with Crippen molar-refractivity contribution in [1.29, 1.82) is 0 Å². The average molecular weight is 272 g/mol. The highest BCUT2D eigenvalue weighted by molar-refractivity contribution is 6.00.